The molecule has 0 aliphatic rings. The number of benzene rings is 1. The van der Waals surface area contributed by atoms with Crippen molar-refractivity contribution in [1.82, 2.24) is 0 Å². The minimum Gasteiger partial charge on any atom is -0.466 e. The third kappa shape index (κ3) is 6.49. The van der Waals surface area contributed by atoms with Crippen molar-refractivity contribution in [3.8, 4) is 0 Å². The molecule has 0 saturated carbocycles. The van der Waals surface area contributed by atoms with E-state index in [-0.39, 0.29) is 5.97 Å². The van der Waals surface area contributed by atoms with Crippen LogP contribution in [-0.2, 0) is 16.0 Å². The van der Waals surface area contributed by atoms with E-state index >= 15 is 0 Å². The van der Waals surface area contributed by atoms with E-state index in [1.807, 2.05) is 6.07 Å². The molecule has 0 unspecified atom stereocenters. The van der Waals surface area contributed by atoms with Gasteiger partial charge in [-0.1, -0.05) is 43.8 Å². The maximum Gasteiger partial charge on any atom is 0.332 e. The second-order valence-electron chi connectivity index (χ2n) is 3.11. The van der Waals surface area contributed by atoms with Crippen LogP contribution >= 0.6 is 0 Å². The molecular formula is C13H18O2. The smallest absolute Gasteiger partial charge is 0.332 e. The monoisotopic (exact) mass is 206 g/mol. The average molecular weight is 206 g/mol. The lowest BCUT2D eigenvalue weighted by molar-refractivity contribution is -0.136. The summed E-state index contributed by atoms with van der Waals surface area (Å²) < 4.78 is 4.27. The number of rotatable bonds is 2. The molecule has 0 aliphatic heterocycles. The molecule has 0 radical (unpaired) electrons. The fourth-order valence-electron chi connectivity index (χ4n) is 0.888. The molecule has 1 rings (SSSR count). The van der Waals surface area contributed by atoms with Crippen molar-refractivity contribution in [1.29, 1.82) is 0 Å². The predicted octanol–water partition coefficient (Wildman–Crippen LogP) is 2.98. The lowest BCUT2D eigenvalue weighted by Crippen LogP contribution is -1.98. The molecule has 1 aromatic carbocycles. The summed E-state index contributed by atoms with van der Waals surface area (Å²) in [4.78, 5) is 10.2. The molecular weight excluding hydrogens is 188 g/mol. The Kier molecular flexibility index (Phi) is 6.98. The molecule has 2 heteroatoms. The number of methoxy groups -OCH3 is 1. The number of hydrogen-bond acceptors (Lipinski definition) is 2. The minimum absolute atomic E-state index is 0.347. The van der Waals surface area contributed by atoms with Gasteiger partial charge in [-0.15, -0.1) is 0 Å². The quantitative estimate of drug-likeness (QED) is 0.549. The summed E-state index contributed by atoms with van der Waals surface area (Å²) in [5, 5.41) is 0. The molecule has 2 nitrogen and oxygen atoms in total. The number of hydrogen-bond donors (Lipinski definition) is 0. The van der Waals surface area contributed by atoms with Crippen molar-refractivity contribution in [2.45, 2.75) is 20.3 Å². The Balaban J connectivity index is 0.000000265. The zero-order chi connectivity index (χ0) is 11.7. The van der Waals surface area contributed by atoms with Crippen molar-refractivity contribution in [3.63, 3.8) is 0 Å². The van der Waals surface area contributed by atoms with Crippen LogP contribution in [0.25, 0.3) is 0 Å². The first-order valence-corrected chi connectivity index (χ1v) is 4.89. The first-order valence-electron chi connectivity index (χ1n) is 4.89. The lowest BCUT2D eigenvalue weighted by atomic mass is 10.2. The highest BCUT2D eigenvalue weighted by Gasteiger charge is 1.95. The van der Waals surface area contributed by atoms with Gasteiger partial charge in [-0.2, -0.15) is 0 Å². The molecule has 0 heterocycles. The van der Waals surface area contributed by atoms with Crippen LogP contribution in [0.5, 0.6) is 0 Å². The van der Waals surface area contributed by atoms with Gasteiger partial charge in [0.1, 0.15) is 0 Å². The van der Waals surface area contributed by atoms with E-state index in [1.165, 1.54) is 12.7 Å². The van der Waals surface area contributed by atoms with Crippen LogP contribution in [0.1, 0.15) is 19.4 Å². The van der Waals surface area contributed by atoms with Crippen molar-refractivity contribution in [2.24, 2.45) is 0 Å². The van der Waals surface area contributed by atoms with Gasteiger partial charge in [0.15, 0.2) is 0 Å². The van der Waals surface area contributed by atoms with Gasteiger partial charge in [0.05, 0.1) is 7.11 Å². The van der Waals surface area contributed by atoms with Crippen LogP contribution in [0, 0.1) is 0 Å². The number of carbonyl (C=O) groups is 1. The summed E-state index contributed by atoms with van der Waals surface area (Å²) in [7, 11) is 1.33. The highest BCUT2D eigenvalue weighted by molar-refractivity contribution is 5.86. The zero-order valence-electron chi connectivity index (χ0n) is 9.62. The van der Waals surface area contributed by atoms with Gasteiger partial charge in [-0.05, 0) is 18.9 Å². The topological polar surface area (TPSA) is 26.3 Å². The first-order chi connectivity index (χ1) is 7.11. The van der Waals surface area contributed by atoms with Gasteiger partial charge >= 0.3 is 5.97 Å². The van der Waals surface area contributed by atoms with Crippen molar-refractivity contribution >= 4 is 5.97 Å². The van der Waals surface area contributed by atoms with Gasteiger partial charge in [-0.25, -0.2) is 4.79 Å². The van der Waals surface area contributed by atoms with E-state index in [4.69, 9.17) is 0 Å². The van der Waals surface area contributed by atoms with Crippen LogP contribution in [0.15, 0.2) is 42.5 Å². The van der Waals surface area contributed by atoms with Gasteiger partial charge in [0, 0.05) is 5.57 Å². The van der Waals surface area contributed by atoms with Gasteiger partial charge < -0.3 is 4.74 Å². The largest absolute Gasteiger partial charge is 0.466 e. The SMILES string of the molecule is C=C(C)C(=O)OC.CCc1ccccc1. The lowest BCUT2D eigenvalue weighted by Gasteiger charge is -1.91. The summed E-state index contributed by atoms with van der Waals surface area (Å²) in [6, 6.07) is 10.5. The van der Waals surface area contributed by atoms with Gasteiger partial charge in [-0.3, -0.25) is 0 Å². The molecule has 0 bridgehead atoms. The molecule has 0 spiro atoms. The van der Waals surface area contributed by atoms with Crippen molar-refractivity contribution in [3.05, 3.63) is 48.0 Å². The average Bonchev–Trinajstić information content (AvgIpc) is 2.29. The van der Waals surface area contributed by atoms with E-state index in [9.17, 15) is 4.79 Å². The Morgan fingerprint density at radius 1 is 1.33 bits per heavy atom. The number of ether oxygens (including phenoxy) is 1. The third-order valence-corrected chi connectivity index (χ3v) is 1.78. The zero-order valence-corrected chi connectivity index (χ0v) is 9.62. The summed E-state index contributed by atoms with van der Waals surface area (Å²) in [5.41, 5.74) is 1.84. The van der Waals surface area contributed by atoms with Crippen LogP contribution in [0.3, 0.4) is 0 Å². The second kappa shape index (κ2) is 7.80. The summed E-state index contributed by atoms with van der Waals surface area (Å²) in [6.07, 6.45) is 1.14. The first kappa shape index (κ1) is 13.4. The second-order valence-corrected chi connectivity index (χ2v) is 3.11. The van der Waals surface area contributed by atoms with Crippen LogP contribution in [0.2, 0.25) is 0 Å². The van der Waals surface area contributed by atoms with Crippen LogP contribution < -0.4 is 0 Å². The fraction of sp³-hybridized carbons (Fsp3) is 0.308. The molecule has 0 atom stereocenters. The Morgan fingerprint density at radius 3 is 2.07 bits per heavy atom. The molecule has 82 valence electrons. The van der Waals surface area contributed by atoms with Gasteiger partial charge in [0.25, 0.3) is 0 Å². The highest BCUT2D eigenvalue weighted by Crippen LogP contribution is 1.96. The number of carbonyl (C=O) groups excluding carboxylic acids is 1. The molecule has 0 N–H and O–H groups in total. The van der Waals surface area contributed by atoms with Gasteiger partial charge in [0.2, 0.25) is 0 Å². The van der Waals surface area contributed by atoms with Crippen molar-refractivity contribution < 1.29 is 9.53 Å². The highest BCUT2D eigenvalue weighted by atomic mass is 16.5. The van der Waals surface area contributed by atoms with Crippen LogP contribution in [-0.4, -0.2) is 13.1 Å². The van der Waals surface area contributed by atoms with E-state index in [2.05, 4.69) is 42.5 Å². The molecule has 0 amide bonds. The molecule has 15 heavy (non-hydrogen) atoms. The normalized spacial score (nSPS) is 8.47. The van der Waals surface area contributed by atoms with Crippen LogP contribution in [0.4, 0.5) is 0 Å². The Labute approximate surface area is 91.6 Å². The number of esters is 1. The molecule has 0 fully saturated rings. The Morgan fingerprint density at radius 2 is 1.87 bits per heavy atom. The maximum absolute atomic E-state index is 10.2. The van der Waals surface area contributed by atoms with Crippen molar-refractivity contribution in [2.75, 3.05) is 7.11 Å². The summed E-state index contributed by atoms with van der Waals surface area (Å²) >= 11 is 0. The predicted molar refractivity (Wildman–Crippen MR) is 62.7 cm³/mol. The number of aryl methyl sites for hydroxylation is 1. The standard InChI is InChI=1S/C8H10.C5H8O2/c1-2-8-6-4-3-5-7-8;1-4(2)5(6)7-3/h3-7H,2H2,1H3;1H2,2-3H3. The molecule has 0 aliphatic carbocycles. The van der Waals surface area contributed by atoms with E-state index in [0.29, 0.717) is 5.57 Å². The summed E-state index contributed by atoms with van der Waals surface area (Å²) in [6.45, 7) is 7.12. The Bertz CT molecular complexity index is 302. The minimum atomic E-state index is -0.347. The third-order valence-electron chi connectivity index (χ3n) is 1.78. The van der Waals surface area contributed by atoms with E-state index < -0.39 is 0 Å². The Hall–Kier alpha value is -1.57. The molecule has 1 aromatic rings. The van der Waals surface area contributed by atoms with E-state index in [0.717, 1.165) is 6.42 Å². The van der Waals surface area contributed by atoms with E-state index in [1.54, 1.807) is 6.92 Å². The fourth-order valence-corrected chi connectivity index (χ4v) is 0.888. The molecule has 0 saturated heterocycles. The molecule has 0 aromatic heterocycles. The summed E-state index contributed by atoms with van der Waals surface area (Å²) in [5.74, 6) is -0.347. The maximum atomic E-state index is 10.2.